The van der Waals surface area contributed by atoms with Crippen molar-refractivity contribution in [1.82, 2.24) is 24.1 Å². The van der Waals surface area contributed by atoms with Crippen LogP contribution in [0.2, 0.25) is 0 Å². The summed E-state index contributed by atoms with van der Waals surface area (Å²) in [5.41, 5.74) is 0.928. The first-order chi connectivity index (χ1) is 16.6. The molecule has 174 valence electrons. The maximum Gasteiger partial charge on any atom is 0.351 e. The molecular weight excluding hydrogens is 436 g/mol. The molecule has 0 unspecified atom stereocenters. The molecular formula is C24H24N6O4. The van der Waals surface area contributed by atoms with E-state index in [1.165, 1.54) is 16.8 Å². The van der Waals surface area contributed by atoms with Gasteiger partial charge >= 0.3 is 5.69 Å². The van der Waals surface area contributed by atoms with E-state index in [9.17, 15) is 9.59 Å². The van der Waals surface area contributed by atoms with Crippen LogP contribution in [0.15, 0.2) is 71.8 Å². The van der Waals surface area contributed by atoms with Gasteiger partial charge in [-0.05, 0) is 36.4 Å². The highest BCUT2D eigenvalue weighted by Gasteiger charge is 2.23. The summed E-state index contributed by atoms with van der Waals surface area (Å²) in [6.07, 6.45) is 2.98. The molecule has 10 heteroatoms. The molecule has 1 fully saturated rings. The summed E-state index contributed by atoms with van der Waals surface area (Å²) >= 11 is 0. The fourth-order valence-electron chi connectivity index (χ4n) is 3.94. The van der Waals surface area contributed by atoms with E-state index in [1.807, 2.05) is 42.5 Å². The average Bonchev–Trinajstić information content (AvgIpc) is 3.21. The number of aromatic nitrogens is 4. The van der Waals surface area contributed by atoms with Gasteiger partial charge in [0, 0.05) is 44.3 Å². The average molecular weight is 460 g/mol. The summed E-state index contributed by atoms with van der Waals surface area (Å²) in [7, 11) is 1.64. The van der Waals surface area contributed by atoms with E-state index in [-0.39, 0.29) is 24.0 Å². The highest BCUT2D eigenvalue weighted by Crippen LogP contribution is 2.22. The quantitative estimate of drug-likeness (QED) is 0.435. The summed E-state index contributed by atoms with van der Waals surface area (Å²) in [5.74, 6) is 1.43. The molecule has 0 saturated carbocycles. The second kappa shape index (κ2) is 9.26. The molecule has 0 N–H and O–H groups in total. The molecule has 1 aliphatic heterocycles. The van der Waals surface area contributed by atoms with Gasteiger partial charge < -0.3 is 19.3 Å². The predicted octanol–water partition coefficient (Wildman–Crippen LogP) is 2.04. The van der Waals surface area contributed by atoms with E-state index in [1.54, 1.807) is 24.1 Å². The molecule has 0 spiro atoms. The third kappa shape index (κ3) is 4.29. The number of hydrogen-bond acceptors (Lipinski definition) is 7. The maximum absolute atomic E-state index is 12.9. The fraction of sp³-hybridized carbons (Fsp3) is 0.250. The lowest BCUT2D eigenvalue weighted by atomic mass is 10.2. The Hall–Kier alpha value is -4.34. The SMILES string of the molecule is COc1ccc(N2CCN(C(=O)Cn3nc4c(Oc5ccccc5)nccn4c3=O)CC2)cc1. The van der Waals surface area contributed by atoms with Crippen molar-refractivity contribution in [2.45, 2.75) is 6.54 Å². The Morgan fingerprint density at radius 3 is 2.41 bits per heavy atom. The molecule has 0 atom stereocenters. The van der Waals surface area contributed by atoms with Crippen LogP contribution in [0.4, 0.5) is 5.69 Å². The molecule has 2 aromatic heterocycles. The molecule has 0 radical (unpaired) electrons. The van der Waals surface area contributed by atoms with Gasteiger partial charge in [-0.3, -0.25) is 4.79 Å². The van der Waals surface area contributed by atoms with E-state index in [4.69, 9.17) is 9.47 Å². The number of nitrogens with zero attached hydrogens (tertiary/aromatic N) is 6. The third-order valence-corrected chi connectivity index (χ3v) is 5.78. The number of ether oxygens (including phenoxy) is 2. The largest absolute Gasteiger partial charge is 0.497 e. The van der Waals surface area contributed by atoms with Gasteiger partial charge in [-0.2, -0.15) is 0 Å². The van der Waals surface area contributed by atoms with Crippen LogP contribution >= 0.6 is 0 Å². The summed E-state index contributed by atoms with van der Waals surface area (Å²) in [5, 5.41) is 4.33. The first-order valence-corrected chi connectivity index (χ1v) is 11.0. The van der Waals surface area contributed by atoms with Crippen LogP contribution in [0.3, 0.4) is 0 Å². The molecule has 10 nitrogen and oxygen atoms in total. The number of carbonyl (C=O) groups excluding carboxylic acids is 1. The van der Waals surface area contributed by atoms with Gasteiger partial charge in [0.1, 0.15) is 18.0 Å². The third-order valence-electron chi connectivity index (χ3n) is 5.78. The van der Waals surface area contributed by atoms with E-state index in [0.717, 1.165) is 16.1 Å². The van der Waals surface area contributed by atoms with Gasteiger partial charge in [0.2, 0.25) is 11.6 Å². The lowest BCUT2D eigenvalue weighted by Crippen LogP contribution is -2.50. The van der Waals surface area contributed by atoms with Crippen molar-refractivity contribution in [2.75, 3.05) is 38.2 Å². The number of rotatable bonds is 6. The van der Waals surface area contributed by atoms with E-state index in [2.05, 4.69) is 15.0 Å². The Kier molecular flexibility index (Phi) is 5.86. The minimum atomic E-state index is -0.416. The topological polar surface area (TPSA) is 94.2 Å². The van der Waals surface area contributed by atoms with Gasteiger partial charge in [-0.15, -0.1) is 5.10 Å². The monoisotopic (exact) mass is 460 g/mol. The number of amides is 1. The standard InChI is InChI=1S/C24H24N6O4/c1-33-19-9-7-18(8-10-19)27-13-15-28(16-14-27)21(31)17-30-24(32)29-12-11-25-23(22(29)26-30)34-20-5-3-2-4-6-20/h2-12H,13-17H2,1H3. The van der Waals surface area contributed by atoms with Crippen molar-refractivity contribution in [2.24, 2.45) is 0 Å². The first-order valence-electron chi connectivity index (χ1n) is 11.0. The molecule has 4 aromatic rings. The van der Waals surface area contributed by atoms with Gasteiger partial charge in [-0.1, -0.05) is 18.2 Å². The van der Waals surface area contributed by atoms with Gasteiger partial charge in [0.15, 0.2) is 0 Å². The van der Waals surface area contributed by atoms with Crippen LogP contribution in [0.25, 0.3) is 5.65 Å². The number of para-hydroxylation sites is 1. The van der Waals surface area contributed by atoms with E-state index in [0.29, 0.717) is 31.9 Å². The molecule has 1 amide bonds. The number of anilines is 1. The van der Waals surface area contributed by atoms with Crippen LogP contribution in [-0.4, -0.2) is 63.3 Å². The highest BCUT2D eigenvalue weighted by molar-refractivity contribution is 5.76. The van der Waals surface area contributed by atoms with Gasteiger partial charge in [0.25, 0.3) is 5.88 Å². The molecule has 2 aromatic carbocycles. The first kappa shape index (κ1) is 21.5. The van der Waals surface area contributed by atoms with Gasteiger partial charge in [-0.25, -0.2) is 18.9 Å². The molecule has 1 saturated heterocycles. The number of piperazine rings is 1. The minimum Gasteiger partial charge on any atom is -0.497 e. The Morgan fingerprint density at radius 2 is 1.71 bits per heavy atom. The molecule has 5 rings (SSSR count). The molecule has 0 aliphatic carbocycles. The zero-order valence-corrected chi connectivity index (χ0v) is 18.7. The summed E-state index contributed by atoms with van der Waals surface area (Å²) in [6.45, 7) is 2.40. The number of fused-ring (bicyclic) bond motifs is 1. The van der Waals surface area contributed by atoms with E-state index < -0.39 is 5.69 Å². The van der Waals surface area contributed by atoms with Crippen LogP contribution in [0.5, 0.6) is 17.4 Å². The molecule has 34 heavy (non-hydrogen) atoms. The van der Waals surface area contributed by atoms with Crippen LogP contribution in [0.1, 0.15) is 0 Å². The summed E-state index contributed by atoms with van der Waals surface area (Å²) < 4.78 is 13.5. The molecule has 0 bridgehead atoms. The Morgan fingerprint density at radius 1 is 0.971 bits per heavy atom. The lowest BCUT2D eigenvalue weighted by molar-refractivity contribution is -0.132. The van der Waals surface area contributed by atoms with Gasteiger partial charge in [0.05, 0.1) is 7.11 Å². The lowest BCUT2D eigenvalue weighted by Gasteiger charge is -2.36. The van der Waals surface area contributed by atoms with Crippen molar-refractivity contribution in [1.29, 1.82) is 0 Å². The van der Waals surface area contributed by atoms with Crippen molar-refractivity contribution in [3.8, 4) is 17.4 Å². The highest BCUT2D eigenvalue weighted by atomic mass is 16.5. The normalized spacial score (nSPS) is 13.8. The van der Waals surface area contributed by atoms with Crippen molar-refractivity contribution >= 4 is 17.2 Å². The zero-order valence-electron chi connectivity index (χ0n) is 18.7. The van der Waals surface area contributed by atoms with Crippen LogP contribution < -0.4 is 20.1 Å². The number of hydrogen-bond donors (Lipinski definition) is 0. The van der Waals surface area contributed by atoms with Crippen molar-refractivity contribution in [3.05, 3.63) is 77.5 Å². The Labute approximate surface area is 195 Å². The van der Waals surface area contributed by atoms with Crippen LogP contribution in [-0.2, 0) is 11.3 Å². The maximum atomic E-state index is 12.9. The molecule has 3 heterocycles. The number of benzene rings is 2. The minimum absolute atomic E-state index is 0.145. The Bertz CT molecular complexity index is 1340. The number of carbonyl (C=O) groups is 1. The second-order valence-corrected chi connectivity index (χ2v) is 7.85. The smallest absolute Gasteiger partial charge is 0.351 e. The summed E-state index contributed by atoms with van der Waals surface area (Å²) in [6, 6.07) is 17.0. The number of methoxy groups -OCH3 is 1. The second-order valence-electron chi connectivity index (χ2n) is 7.85. The fourth-order valence-corrected chi connectivity index (χ4v) is 3.94. The molecule has 1 aliphatic rings. The predicted molar refractivity (Wildman–Crippen MR) is 126 cm³/mol. The van der Waals surface area contributed by atoms with Crippen molar-refractivity contribution < 1.29 is 14.3 Å². The van der Waals surface area contributed by atoms with E-state index >= 15 is 0 Å². The van der Waals surface area contributed by atoms with Crippen molar-refractivity contribution in [3.63, 3.8) is 0 Å². The summed E-state index contributed by atoms with van der Waals surface area (Å²) in [4.78, 5) is 34.0. The van der Waals surface area contributed by atoms with Crippen LogP contribution in [0, 0.1) is 0 Å². The Balaban J connectivity index is 1.27. The zero-order chi connectivity index (χ0) is 23.5.